The van der Waals surface area contributed by atoms with E-state index < -0.39 is 0 Å². The molecular weight excluding hydrogens is 428 g/mol. The van der Waals surface area contributed by atoms with Gasteiger partial charge in [0.05, 0.1) is 5.92 Å². The van der Waals surface area contributed by atoms with Crippen LogP contribution in [0.1, 0.15) is 114 Å². The number of anilines is 2. The molecule has 4 rings (SSSR count). The summed E-state index contributed by atoms with van der Waals surface area (Å²) in [7, 11) is 0. The van der Waals surface area contributed by atoms with Gasteiger partial charge in [-0.25, -0.2) is 0 Å². The number of benzene rings is 2. The molecule has 1 fully saturated rings. The largest absolute Gasteiger partial charge is 0.366 e. The molecule has 0 radical (unpaired) electrons. The predicted octanol–water partition coefficient (Wildman–Crippen LogP) is 8.58. The van der Waals surface area contributed by atoms with E-state index in [9.17, 15) is 4.79 Å². The molecule has 0 bridgehead atoms. The first-order chi connectivity index (χ1) is 16.8. The average molecular weight is 475 g/mol. The summed E-state index contributed by atoms with van der Waals surface area (Å²) in [5, 5.41) is 3.35. The third kappa shape index (κ3) is 6.11. The van der Waals surface area contributed by atoms with E-state index in [0.717, 1.165) is 42.6 Å². The van der Waals surface area contributed by atoms with Crippen molar-refractivity contribution in [1.29, 1.82) is 0 Å². The van der Waals surface area contributed by atoms with Crippen molar-refractivity contribution in [1.82, 2.24) is 0 Å². The molecule has 2 atom stereocenters. The first kappa shape index (κ1) is 25.8. The Morgan fingerprint density at radius 3 is 2.43 bits per heavy atom. The molecule has 0 aromatic heterocycles. The normalized spacial score (nSPS) is 19.8. The highest BCUT2D eigenvalue weighted by molar-refractivity contribution is 5.97. The van der Waals surface area contributed by atoms with Crippen molar-refractivity contribution in [2.75, 3.05) is 16.8 Å². The lowest BCUT2D eigenvalue weighted by atomic mass is 9.79. The van der Waals surface area contributed by atoms with Crippen LogP contribution in [0.3, 0.4) is 0 Å². The van der Waals surface area contributed by atoms with E-state index in [4.69, 9.17) is 0 Å². The lowest BCUT2D eigenvalue weighted by Gasteiger charge is -2.48. The highest BCUT2D eigenvalue weighted by Gasteiger charge is 2.39. The van der Waals surface area contributed by atoms with Crippen molar-refractivity contribution in [2.45, 2.75) is 110 Å². The molecule has 2 aromatic rings. The Labute approximate surface area is 213 Å². The molecule has 0 spiro atoms. The van der Waals surface area contributed by atoms with Gasteiger partial charge in [-0.1, -0.05) is 76.3 Å². The van der Waals surface area contributed by atoms with Gasteiger partial charge in [0.2, 0.25) is 5.91 Å². The number of carbonyl (C=O) groups excluding carboxylic acids is 1. The zero-order valence-electron chi connectivity index (χ0n) is 22.7. The van der Waals surface area contributed by atoms with E-state index in [-0.39, 0.29) is 17.4 Å². The van der Waals surface area contributed by atoms with E-state index in [0.29, 0.717) is 11.8 Å². The lowest BCUT2D eigenvalue weighted by molar-refractivity contribution is -0.118. The molecule has 0 saturated heterocycles. The number of hydrogen-bond acceptors (Lipinski definition) is 2. The second-order valence-corrected chi connectivity index (χ2v) is 11.8. The van der Waals surface area contributed by atoms with Gasteiger partial charge in [-0.05, 0) is 87.1 Å². The SMILES string of the molecule is CCCCCCCCN1c2cc(C)c(NC(=O)C(c3ccccc3)C3CC3)cc2C(C)CC1(C)C. The standard InChI is InChI=1S/C32H46N2O/c1-6-7-8-9-10-14-19-34-29-20-23(2)28(21-27(29)24(3)22-32(34,4)5)33-31(35)30(26-17-18-26)25-15-12-11-13-16-25/h11-13,15-16,20-21,24,26,30H,6-10,14,17-19,22H2,1-5H3,(H,33,35). The number of unbranched alkanes of at least 4 members (excludes halogenated alkanes) is 5. The van der Waals surface area contributed by atoms with E-state index in [1.165, 1.54) is 49.8 Å². The molecule has 35 heavy (non-hydrogen) atoms. The number of amides is 1. The molecule has 1 N–H and O–H groups in total. The monoisotopic (exact) mass is 474 g/mol. The highest BCUT2D eigenvalue weighted by Crippen LogP contribution is 2.46. The fourth-order valence-corrected chi connectivity index (χ4v) is 6.18. The Kier molecular flexibility index (Phi) is 8.24. The van der Waals surface area contributed by atoms with Crippen molar-refractivity contribution in [2.24, 2.45) is 5.92 Å². The zero-order chi connectivity index (χ0) is 25.0. The van der Waals surface area contributed by atoms with Crippen LogP contribution in [-0.4, -0.2) is 18.0 Å². The summed E-state index contributed by atoms with van der Waals surface area (Å²) in [6.07, 6.45) is 11.4. The summed E-state index contributed by atoms with van der Waals surface area (Å²) < 4.78 is 0. The van der Waals surface area contributed by atoms with Crippen molar-refractivity contribution in [3.05, 3.63) is 59.2 Å². The summed E-state index contributed by atoms with van der Waals surface area (Å²) in [6.45, 7) is 12.7. The number of aryl methyl sites for hydroxylation is 1. The number of nitrogens with zero attached hydrogens (tertiary/aromatic N) is 1. The van der Waals surface area contributed by atoms with Crippen LogP contribution in [0, 0.1) is 12.8 Å². The van der Waals surface area contributed by atoms with Crippen LogP contribution >= 0.6 is 0 Å². The molecular formula is C32H46N2O. The Bertz CT molecular complexity index is 992. The minimum atomic E-state index is -0.0489. The first-order valence-corrected chi connectivity index (χ1v) is 14.1. The second-order valence-electron chi connectivity index (χ2n) is 11.8. The van der Waals surface area contributed by atoms with Crippen LogP contribution in [0.2, 0.25) is 0 Å². The van der Waals surface area contributed by atoms with Gasteiger partial charge in [0.25, 0.3) is 0 Å². The molecule has 1 amide bonds. The first-order valence-electron chi connectivity index (χ1n) is 14.1. The average Bonchev–Trinajstić information content (AvgIpc) is 3.64. The summed E-state index contributed by atoms with van der Waals surface area (Å²) in [6, 6.07) is 15.0. The maximum atomic E-state index is 13.5. The van der Waals surface area contributed by atoms with Crippen LogP contribution in [0.25, 0.3) is 0 Å². The smallest absolute Gasteiger partial charge is 0.232 e. The third-order valence-corrected chi connectivity index (χ3v) is 8.26. The fourth-order valence-electron chi connectivity index (χ4n) is 6.18. The van der Waals surface area contributed by atoms with Gasteiger partial charge >= 0.3 is 0 Å². The summed E-state index contributed by atoms with van der Waals surface area (Å²) in [5.41, 5.74) is 6.21. The molecule has 1 aliphatic heterocycles. The van der Waals surface area contributed by atoms with Gasteiger partial charge in [0.1, 0.15) is 0 Å². The Hall–Kier alpha value is -2.29. The molecule has 3 heteroatoms. The van der Waals surface area contributed by atoms with Crippen LogP contribution in [-0.2, 0) is 4.79 Å². The third-order valence-electron chi connectivity index (χ3n) is 8.26. The van der Waals surface area contributed by atoms with Crippen LogP contribution in [0.15, 0.2) is 42.5 Å². The number of rotatable bonds is 11. The van der Waals surface area contributed by atoms with Crippen molar-refractivity contribution >= 4 is 17.3 Å². The van der Waals surface area contributed by atoms with Gasteiger partial charge < -0.3 is 10.2 Å². The maximum Gasteiger partial charge on any atom is 0.232 e. The quantitative estimate of drug-likeness (QED) is 0.331. The zero-order valence-corrected chi connectivity index (χ0v) is 22.7. The minimum absolute atomic E-state index is 0.0489. The van der Waals surface area contributed by atoms with Crippen molar-refractivity contribution in [3.8, 4) is 0 Å². The Morgan fingerprint density at radius 2 is 1.74 bits per heavy atom. The summed E-state index contributed by atoms with van der Waals surface area (Å²) in [5.74, 6) is 1.05. The van der Waals surface area contributed by atoms with Crippen LogP contribution in [0.5, 0.6) is 0 Å². The van der Waals surface area contributed by atoms with Crippen LogP contribution < -0.4 is 10.2 Å². The van der Waals surface area contributed by atoms with Gasteiger partial charge in [-0.3, -0.25) is 4.79 Å². The molecule has 2 aliphatic rings. The molecule has 1 aliphatic carbocycles. The molecule has 2 unspecified atom stereocenters. The van der Waals surface area contributed by atoms with Gasteiger partial charge in [-0.2, -0.15) is 0 Å². The second kappa shape index (κ2) is 11.2. The lowest BCUT2D eigenvalue weighted by Crippen LogP contribution is -2.48. The van der Waals surface area contributed by atoms with Gasteiger partial charge in [0.15, 0.2) is 0 Å². The van der Waals surface area contributed by atoms with Gasteiger partial charge in [-0.15, -0.1) is 0 Å². The maximum absolute atomic E-state index is 13.5. The summed E-state index contributed by atoms with van der Waals surface area (Å²) >= 11 is 0. The number of nitrogens with one attached hydrogen (secondary N) is 1. The fraction of sp³-hybridized carbons (Fsp3) is 0.594. The van der Waals surface area contributed by atoms with Gasteiger partial charge in [0, 0.05) is 23.5 Å². The van der Waals surface area contributed by atoms with E-state index in [1.807, 2.05) is 18.2 Å². The predicted molar refractivity (Wildman–Crippen MR) is 150 cm³/mol. The van der Waals surface area contributed by atoms with E-state index in [2.05, 4.69) is 69.1 Å². The topological polar surface area (TPSA) is 32.3 Å². The van der Waals surface area contributed by atoms with E-state index >= 15 is 0 Å². The minimum Gasteiger partial charge on any atom is -0.366 e. The number of fused-ring (bicyclic) bond motifs is 1. The van der Waals surface area contributed by atoms with Crippen LogP contribution in [0.4, 0.5) is 11.4 Å². The molecule has 1 heterocycles. The molecule has 190 valence electrons. The van der Waals surface area contributed by atoms with Crippen molar-refractivity contribution < 1.29 is 4.79 Å². The van der Waals surface area contributed by atoms with Crippen molar-refractivity contribution in [3.63, 3.8) is 0 Å². The number of carbonyl (C=O) groups is 1. The number of hydrogen-bond donors (Lipinski definition) is 1. The summed E-state index contributed by atoms with van der Waals surface area (Å²) in [4.78, 5) is 16.1. The molecule has 1 saturated carbocycles. The molecule has 2 aromatic carbocycles. The highest BCUT2D eigenvalue weighted by atomic mass is 16.1. The molecule has 3 nitrogen and oxygen atoms in total. The Balaban J connectivity index is 1.52. The van der Waals surface area contributed by atoms with E-state index in [1.54, 1.807) is 0 Å². The Morgan fingerprint density at radius 1 is 1.06 bits per heavy atom.